The third-order valence-corrected chi connectivity index (χ3v) is 6.17. The van der Waals surface area contributed by atoms with Crippen molar-refractivity contribution >= 4 is 38.9 Å². The van der Waals surface area contributed by atoms with Gasteiger partial charge in [0.15, 0.2) is 6.23 Å². The first-order valence-corrected chi connectivity index (χ1v) is 10.5. The number of nitrogens with zero attached hydrogens (tertiary/aromatic N) is 4. The number of aryl methyl sites for hydroxylation is 1. The highest BCUT2D eigenvalue weighted by Gasteiger charge is 2.41. The first-order chi connectivity index (χ1) is 15.6. The van der Waals surface area contributed by atoms with Crippen LogP contribution in [-0.2, 0) is 17.9 Å². The predicted octanol–water partition coefficient (Wildman–Crippen LogP) is 3.16. The van der Waals surface area contributed by atoms with Gasteiger partial charge in [0.1, 0.15) is 13.3 Å². The van der Waals surface area contributed by atoms with Crippen LogP contribution in [0.4, 0.5) is 0 Å². The monoisotopic (exact) mass is 426 g/mol. The minimum atomic E-state index is -1.28. The number of aliphatic hydroxyl groups excluding tert-OH is 2. The molecule has 2 N–H and O–H groups in total. The number of carbonyl (C=O) groups is 1. The second-order valence-electron chi connectivity index (χ2n) is 7.77. The maximum atomic E-state index is 13.4. The molecule has 160 valence electrons. The molecule has 5 rings (SSSR count). The lowest BCUT2D eigenvalue weighted by Gasteiger charge is -2.19. The summed E-state index contributed by atoms with van der Waals surface area (Å²) in [6.45, 7) is 2.31. The lowest BCUT2D eigenvalue weighted by atomic mass is 9.95. The molecule has 0 bridgehead atoms. The predicted molar refractivity (Wildman–Crippen MR) is 122 cm³/mol. The highest BCUT2D eigenvalue weighted by Crippen LogP contribution is 2.43. The van der Waals surface area contributed by atoms with Gasteiger partial charge in [-0.3, -0.25) is 9.69 Å². The van der Waals surface area contributed by atoms with E-state index in [1.807, 2.05) is 61.7 Å². The van der Waals surface area contributed by atoms with Crippen LogP contribution in [0.1, 0.15) is 18.1 Å². The van der Waals surface area contributed by atoms with Crippen LogP contribution in [0.2, 0.25) is 0 Å². The van der Waals surface area contributed by atoms with E-state index < -0.39 is 18.9 Å². The molecule has 7 nitrogen and oxygen atoms in total. The largest absolute Gasteiger partial charge is 0.376 e. The molecular formula is C25H22N4O3. The van der Waals surface area contributed by atoms with Gasteiger partial charge in [0.05, 0.1) is 11.6 Å². The number of aromatic nitrogens is 2. The number of carbonyl (C=O) groups excluding carboxylic acids is 1. The third kappa shape index (κ3) is 2.78. The van der Waals surface area contributed by atoms with Crippen LogP contribution in [-0.4, -0.2) is 43.1 Å². The van der Waals surface area contributed by atoms with Crippen LogP contribution in [0, 0.1) is 11.3 Å². The number of nitriles is 1. The van der Waals surface area contributed by atoms with Crippen molar-refractivity contribution in [1.29, 1.82) is 5.26 Å². The SMILES string of the molecule is CCn1cc(C2=C(c3cn(CC#N)c4ccccc34)C(=O)N(CO)C2O)c2ccccc21. The number of benzene rings is 2. The number of hydrogen-bond acceptors (Lipinski definition) is 4. The maximum Gasteiger partial charge on any atom is 0.259 e. The Labute approximate surface area is 184 Å². The Kier molecular flexibility index (Phi) is 4.82. The van der Waals surface area contributed by atoms with Crippen molar-refractivity contribution < 1.29 is 15.0 Å². The zero-order chi connectivity index (χ0) is 22.4. The highest BCUT2D eigenvalue weighted by molar-refractivity contribution is 6.33. The zero-order valence-electron chi connectivity index (χ0n) is 17.6. The fraction of sp³-hybridized carbons (Fsp3) is 0.200. The summed E-state index contributed by atoms with van der Waals surface area (Å²) in [5, 5.41) is 32.0. The van der Waals surface area contributed by atoms with Gasteiger partial charge < -0.3 is 19.3 Å². The summed E-state index contributed by atoms with van der Waals surface area (Å²) in [6.07, 6.45) is 2.45. The minimum absolute atomic E-state index is 0.138. The smallest absolute Gasteiger partial charge is 0.259 e. The van der Waals surface area contributed by atoms with E-state index >= 15 is 0 Å². The van der Waals surface area contributed by atoms with E-state index in [9.17, 15) is 20.3 Å². The van der Waals surface area contributed by atoms with Crippen molar-refractivity contribution in [2.45, 2.75) is 26.2 Å². The van der Waals surface area contributed by atoms with Gasteiger partial charge in [-0.2, -0.15) is 5.26 Å². The second kappa shape index (κ2) is 7.68. The summed E-state index contributed by atoms with van der Waals surface area (Å²) in [5.74, 6) is -0.441. The number of hydrogen-bond donors (Lipinski definition) is 2. The molecular weight excluding hydrogens is 404 g/mol. The van der Waals surface area contributed by atoms with Crippen molar-refractivity contribution in [3.8, 4) is 6.07 Å². The van der Waals surface area contributed by atoms with Crippen LogP contribution in [0.15, 0.2) is 60.9 Å². The molecule has 2 aromatic carbocycles. The fourth-order valence-electron chi connectivity index (χ4n) is 4.71. The summed E-state index contributed by atoms with van der Waals surface area (Å²) in [6, 6.07) is 17.6. The number of fused-ring (bicyclic) bond motifs is 2. The van der Waals surface area contributed by atoms with E-state index in [-0.39, 0.29) is 6.54 Å². The van der Waals surface area contributed by atoms with Crippen LogP contribution in [0.3, 0.4) is 0 Å². The Morgan fingerprint density at radius 3 is 2.19 bits per heavy atom. The molecule has 0 saturated carbocycles. The van der Waals surface area contributed by atoms with Gasteiger partial charge in [0.25, 0.3) is 5.91 Å². The number of amides is 1. The quantitative estimate of drug-likeness (QED) is 0.513. The van der Waals surface area contributed by atoms with E-state index in [2.05, 4.69) is 10.6 Å². The molecule has 0 saturated heterocycles. The maximum absolute atomic E-state index is 13.4. The van der Waals surface area contributed by atoms with Crippen molar-refractivity contribution in [2.75, 3.05) is 6.73 Å². The van der Waals surface area contributed by atoms with Crippen LogP contribution >= 0.6 is 0 Å². The average molecular weight is 426 g/mol. The van der Waals surface area contributed by atoms with Gasteiger partial charge in [0, 0.05) is 57.4 Å². The van der Waals surface area contributed by atoms with Gasteiger partial charge in [-0.1, -0.05) is 36.4 Å². The second-order valence-corrected chi connectivity index (χ2v) is 7.77. The first kappa shape index (κ1) is 20.1. The third-order valence-electron chi connectivity index (χ3n) is 6.17. The normalized spacial score (nSPS) is 16.5. The number of aliphatic hydroxyl groups is 2. The van der Waals surface area contributed by atoms with Crippen molar-refractivity contribution in [2.24, 2.45) is 0 Å². The Morgan fingerprint density at radius 1 is 0.969 bits per heavy atom. The number of para-hydroxylation sites is 2. The molecule has 1 aliphatic heterocycles. The van der Waals surface area contributed by atoms with E-state index in [1.165, 1.54) is 0 Å². The summed E-state index contributed by atoms with van der Waals surface area (Å²) >= 11 is 0. The molecule has 4 aromatic rings. The lowest BCUT2D eigenvalue weighted by Crippen LogP contribution is -2.35. The Bertz CT molecular complexity index is 1440. The van der Waals surface area contributed by atoms with E-state index in [0.717, 1.165) is 38.8 Å². The molecule has 1 atom stereocenters. The molecule has 1 amide bonds. The Balaban J connectivity index is 1.86. The van der Waals surface area contributed by atoms with Gasteiger partial charge in [0.2, 0.25) is 0 Å². The summed E-state index contributed by atoms with van der Waals surface area (Å²) in [7, 11) is 0. The van der Waals surface area contributed by atoms with Crippen LogP contribution < -0.4 is 0 Å². The van der Waals surface area contributed by atoms with Crippen molar-refractivity contribution in [1.82, 2.24) is 14.0 Å². The summed E-state index contributed by atoms with van der Waals surface area (Å²) < 4.78 is 3.87. The molecule has 1 aliphatic rings. The van der Waals surface area contributed by atoms with Gasteiger partial charge >= 0.3 is 0 Å². The topological polar surface area (TPSA) is 94.4 Å². The molecule has 3 heterocycles. The zero-order valence-corrected chi connectivity index (χ0v) is 17.6. The lowest BCUT2D eigenvalue weighted by molar-refractivity contribution is -0.134. The molecule has 0 fully saturated rings. The molecule has 1 unspecified atom stereocenters. The van der Waals surface area contributed by atoms with Crippen LogP contribution in [0.25, 0.3) is 33.0 Å². The van der Waals surface area contributed by atoms with E-state index in [0.29, 0.717) is 16.7 Å². The average Bonchev–Trinajstić information content (AvgIpc) is 3.43. The van der Waals surface area contributed by atoms with Gasteiger partial charge in [-0.15, -0.1) is 0 Å². The number of rotatable bonds is 5. The molecule has 0 aliphatic carbocycles. The molecule has 0 spiro atoms. The van der Waals surface area contributed by atoms with Crippen molar-refractivity contribution in [3.63, 3.8) is 0 Å². The molecule has 32 heavy (non-hydrogen) atoms. The fourth-order valence-corrected chi connectivity index (χ4v) is 4.71. The molecule has 2 aromatic heterocycles. The van der Waals surface area contributed by atoms with Gasteiger partial charge in [-0.05, 0) is 19.1 Å². The van der Waals surface area contributed by atoms with Gasteiger partial charge in [-0.25, -0.2) is 0 Å². The Hall–Kier alpha value is -3.86. The summed E-state index contributed by atoms with van der Waals surface area (Å²) in [4.78, 5) is 14.5. The first-order valence-electron chi connectivity index (χ1n) is 10.5. The summed E-state index contributed by atoms with van der Waals surface area (Å²) in [5.41, 5.74) is 4.04. The standard InChI is InChI=1S/C25H22N4O3/c1-2-27-13-18(16-7-3-5-9-20(16)27)22-23(25(32)29(15-30)24(22)31)19-14-28(12-11-26)21-10-6-4-8-17(19)21/h3-10,13-14,24,30-31H,2,12,15H2,1H3. The highest BCUT2D eigenvalue weighted by atomic mass is 16.3. The van der Waals surface area contributed by atoms with E-state index in [4.69, 9.17) is 0 Å². The molecule has 0 radical (unpaired) electrons. The van der Waals surface area contributed by atoms with E-state index in [1.54, 1.807) is 10.8 Å². The Morgan fingerprint density at radius 2 is 1.56 bits per heavy atom. The molecule has 7 heteroatoms. The van der Waals surface area contributed by atoms with Crippen molar-refractivity contribution in [3.05, 3.63) is 72.1 Å². The van der Waals surface area contributed by atoms with Crippen LogP contribution in [0.5, 0.6) is 0 Å². The minimum Gasteiger partial charge on any atom is -0.376 e.